The Morgan fingerprint density at radius 3 is 2.09 bits per heavy atom. The summed E-state index contributed by atoms with van der Waals surface area (Å²) in [6.07, 6.45) is 0. The summed E-state index contributed by atoms with van der Waals surface area (Å²) in [6.45, 7) is 0. The fraction of sp³-hybridized carbons (Fsp3) is 0.188. The Morgan fingerprint density at radius 2 is 1.61 bits per heavy atom. The Morgan fingerprint density at radius 1 is 1.04 bits per heavy atom. The Hall–Kier alpha value is -2.14. The molecular weight excluding hydrogens is 317 g/mol. The maximum atomic E-state index is 12.8. The number of benzene rings is 2. The molecule has 1 atom stereocenters. The fourth-order valence-corrected chi connectivity index (χ4v) is 3.55. The molecule has 6 nitrogen and oxygen atoms in total. The van der Waals surface area contributed by atoms with E-state index in [4.69, 9.17) is 14.2 Å². The van der Waals surface area contributed by atoms with Gasteiger partial charge in [0.25, 0.3) is 0 Å². The summed E-state index contributed by atoms with van der Waals surface area (Å²) in [5.74, 6) is -1.72. The second-order valence-electron chi connectivity index (χ2n) is 4.75. The van der Waals surface area contributed by atoms with E-state index in [0.29, 0.717) is 5.69 Å². The van der Waals surface area contributed by atoms with E-state index in [1.165, 1.54) is 26.4 Å². The minimum atomic E-state index is -3.44. The Kier molecular flexibility index (Phi) is 5.55. The predicted molar refractivity (Wildman–Crippen MR) is 87.8 cm³/mol. The van der Waals surface area contributed by atoms with Crippen molar-refractivity contribution in [2.45, 2.75) is 5.78 Å². The molecule has 23 heavy (non-hydrogen) atoms. The van der Waals surface area contributed by atoms with Crippen molar-refractivity contribution >= 4 is 19.3 Å². The van der Waals surface area contributed by atoms with Crippen LogP contribution in [0.15, 0.2) is 54.6 Å². The largest absolute Gasteiger partial charge is 0.478 e. The van der Waals surface area contributed by atoms with Crippen LogP contribution < -0.4 is 5.32 Å². The van der Waals surface area contributed by atoms with Gasteiger partial charge in [0.05, 0.1) is 5.56 Å². The first-order chi connectivity index (χ1) is 11.0. The second kappa shape index (κ2) is 7.42. The third-order valence-corrected chi connectivity index (χ3v) is 5.45. The number of carboxylic acids is 1. The molecule has 2 N–H and O–H groups in total. The van der Waals surface area contributed by atoms with Crippen molar-refractivity contribution in [3.63, 3.8) is 0 Å². The lowest BCUT2D eigenvalue weighted by Gasteiger charge is -2.26. The molecule has 7 heteroatoms. The van der Waals surface area contributed by atoms with E-state index in [-0.39, 0.29) is 5.56 Å². The van der Waals surface area contributed by atoms with E-state index in [1.807, 2.05) is 30.3 Å². The molecule has 2 rings (SSSR count). The van der Waals surface area contributed by atoms with Crippen molar-refractivity contribution in [1.29, 1.82) is 0 Å². The van der Waals surface area contributed by atoms with Gasteiger partial charge in [0.15, 0.2) is 5.78 Å². The van der Waals surface area contributed by atoms with Crippen LogP contribution >= 0.6 is 7.60 Å². The van der Waals surface area contributed by atoms with E-state index < -0.39 is 19.3 Å². The zero-order chi connectivity index (χ0) is 16.9. The average Bonchev–Trinajstić information content (AvgIpc) is 2.60. The van der Waals surface area contributed by atoms with Gasteiger partial charge in [-0.3, -0.25) is 4.57 Å². The highest BCUT2D eigenvalue weighted by Gasteiger charge is 2.35. The van der Waals surface area contributed by atoms with Crippen LogP contribution in [0.3, 0.4) is 0 Å². The predicted octanol–water partition coefficient (Wildman–Crippen LogP) is 3.98. The van der Waals surface area contributed by atoms with Gasteiger partial charge in [-0.2, -0.15) is 0 Å². The highest BCUT2D eigenvalue weighted by Crippen LogP contribution is 2.59. The third-order valence-electron chi connectivity index (χ3n) is 3.38. The lowest BCUT2D eigenvalue weighted by molar-refractivity contribution is 0.0697. The van der Waals surface area contributed by atoms with Gasteiger partial charge in [0, 0.05) is 19.9 Å². The van der Waals surface area contributed by atoms with Crippen molar-refractivity contribution in [3.05, 3.63) is 65.7 Å². The lowest BCUT2D eigenvalue weighted by Crippen LogP contribution is -2.13. The molecule has 122 valence electrons. The second-order valence-corrected chi connectivity index (χ2v) is 7.07. The van der Waals surface area contributed by atoms with Gasteiger partial charge in [0.2, 0.25) is 0 Å². The number of aromatic carboxylic acids is 1. The number of hydrogen-bond acceptors (Lipinski definition) is 5. The highest BCUT2D eigenvalue weighted by atomic mass is 31.2. The number of nitrogens with one attached hydrogen (secondary N) is 1. The van der Waals surface area contributed by atoms with Crippen LogP contribution in [0, 0.1) is 0 Å². The zero-order valence-corrected chi connectivity index (χ0v) is 13.7. The summed E-state index contributed by atoms with van der Waals surface area (Å²) in [4.78, 5) is 10.9. The molecule has 0 amide bonds. The maximum Gasteiger partial charge on any atom is 0.356 e. The summed E-state index contributed by atoms with van der Waals surface area (Å²) >= 11 is 0. The summed E-state index contributed by atoms with van der Waals surface area (Å²) < 4.78 is 23.1. The quantitative estimate of drug-likeness (QED) is 0.745. The smallest absolute Gasteiger partial charge is 0.356 e. The summed E-state index contributed by atoms with van der Waals surface area (Å²) in [7, 11) is -0.779. The monoisotopic (exact) mass is 335 g/mol. The maximum absolute atomic E-state index is 12.8. The standard InChI is InChI=1S/C16H18NO5P/c1-21-23(20,22-2)15(12-6-4-3-5-7-12)17-14-10-8-13(9-11-14)16(18)19/h3-11,15,17H,1-2H3,(H,18,19)/t15-/m1/s1. The summed E-state index contributed by atoms with van der Waals surface area (Å²) in [6, 6.07) is 15.3. The molecule has 0 radical (unpaired) electrons. The molecule has 0 unspecified atom stereocenters. The van der Waals surface area contributed by atoms with Gasteiger partial charge in [-0.05, 0) is 29.8 Å². The van der Waals surface area contributed by atoms with Gasteiger partial charge >= 0.3 is 13.6 Å². The van der Waals surface area contributed by atoms with Gasteiger partial charge in [-0.25, -0.2) is 4.79 Å². The zero-order valence-electron chi connectivity index (χ0n) is 12.8. The number of hydrogen-bond donors (Lipinski definition) is 2. The van der Waals surface area contributed by atoms with Crippen molar-refractivity contribution in [2.24, 2.45) is 0 Å². The molecule has 0 aliphatic heterocycles. The molecule has 0 saturated heterocycles. The number of carbonyl (C=O) groups is 1. The third kappa shape index (κ3) is 3.99. The van der Waals surface area contributed by atoms with Gasteiger partial charge < -0.3 is 19.5 Å². The van der Waals surface area contributed by atoms with Crippen LogP contribution in [-0.2, 0) is 13.6 Å². The molecule has 0 heterocycles. The van der Waals surface area contributed by atoms with Crippen LogP contribution in [0.25, 0.3) is 0 Å². The molecule has 0 aromatic heterocycles. The molecule has 2 aromatic rings. The molecule has 0 aliphatic rings. The van der Waals surface area contributed by atoms with E-state index in [1.54, 1.807) is 12.1 Å². The first kappa shape index (κ1) is 17.2. The first-order valence-electron chi connectivity index (χ1n) is 6.86. The highest BCUT2D eigenvalue weighted by molar-refractivity contribution is 7.54. The molecule has 0 fully saturated rings. The minimum absolute atomic E-state index is 0.175. The SMILES string of the molecule is COP(=O)(OC)[C@@H](Nc1ccc(C(=O)O)cc1)c1ccccc1. The van der Waals surface area contributed by atoms with E-state index >= 15 is 0 Å². The molecule has 2 aromatic carbocycles. The van der Waals surface area contributed by atoms with E-state index in [9.17, 15) is 9.36 Å². The van der Waals surface area contributed by atoms with Crippen molar-refractivity contribution in [3.8, 4) is 0 Å². The van der Waals surface area contributed by atoms with Crippen molar-refractivity contribution < 1.29 is 23.5 Å². The average molecular weight is 335 g/mol. The van der Waals surface area contributed by atoms with Crippen molar-refractivity contribution in [2.75, 3.05) is 19.5 Å². The van der Waals surface area contributed by atoms with Gasteiger partial charge in [-0.1, -0.05) is 30.3 Å². The number of carboxylic acid groups (broad SMARTS) is 1. The summed E-state index contributed by atoms with van der Waals surface area (Å²) in [5, 5.41) is 12.0. The summed E-state index contributed by atoms with van der Waals surface area (Å²) in [5.41, 5.74) is 1.52. The van der Waals surface area contributed by atoms with Gasteiger partial charge in [-0.15, -0.1) is 0 Å². The Balaban J connectivity index is 2.35. The van der Waals surface area contributed by atoms with Gasteiger partial charge in [0.1, 0.15) is 0 Å². The minimum Gasteiger partial charge on any atom is -0.478 e. The van der Waals surface area contributed by atoms with Crippen molar-refractivity contribution in [1.82, 2.24) is 0 Å². The lowest BCUT2D eigenvalue weighted by atomic mass is 10.2. The number of anilines is 1. The van der Waals surface area contributed by atoms with Crippen LogP contribution in [0.5, 0.6) is 0 Å². The normalized spacial score (nSPS) is 12.6. The van der Waals surface area contributed by atoms with E-state index in [2.05, 4.69) is 5.32 Å². The topological polar surface area (TPSA) is 84.9 Å². The molecular formula is C16H18NO5P. The Labute approximate surface area is 134 Å². The molecule has 0 aliphatic carbocycles. The fourth-order valence-electron chi connectivity index (χ4n) is 2.13. The molecule has 0 saturated carbocycles. The van der Waals surface area contributed by atoms with Crippen LogP contribution in [-0.4, -0.2) is 25.3 Å². The Bertz CT molecular complexity index is 694. The molecule has 0 bridgehead atoms. The van der Waals surface area contributed by atoms with Crippen LogP contribution in [0.4, 0.5) is 5.69 Å². The van der Waals surface area contributed by atoms with Crippen LogP contribution in [0.1, 0.15) is 21.7 Å². The van der Waals surface area contributed by atoms with Crippen LogP contribution in [0.2, 0.25) is 0 Å². The first-order valence-corrected chi connectivity index (χ1v) is 8.47. The van der Waals surface area contributed by atoms with E-state index in [0.717, 1.165) is 5.56 Å². The molecule has 0 spiro atoms. The number of rotatable bonds is 7.